The average molecular weight is 807 g/mol. The number of para-hydroxylation sites is 1. The third-order valence-electron chi connectivity index (χ3n) is 11.1. The van der Waals surface area contributed by atoms with Gasteiger partial charge in [0.15, 0.2) is 0 Å². The highest BCUT2D eigenvalue weighted by molar-refractivity contribution is 7.10. The van der Waals surface area contributed by atoms with E-state index < -0.39 is 69.2 Å². The largest absolute Gasteiger partial charge is 0.490 e. The lowest BCUT2D eigenvalue weighted by atomic mass is 9.72. The van der Waals surface area contributed by atoms with Crippen molar-refractivity contribution in [3.63, 3.8) is 0 Å². The Morgan fingerprint density at radius 1 is 1.02 bits per heavy atom. The summed E-state index contributed by atoms with van der Waals surface area (Å²) in [6.45, 7) is 1.68. The van der Waals surface area contributed by atoms with Gasteiger partial charge in [0.1, 0.15) is 22.1 Å². The molecule has 0 unspecified atom stereocenters. The van der Waals surface area contributed by atoms with Crippen molar-refractivity contribution in [3.05, 3.63) is 75.7 Å². The first-order valence-corrected chi connectivity index (χ1v) is 19.3. The molecule has 56 heavy (non-hydrogen) atoms. The fourth-order valence-electron chi connectivity index (χ4n) is 8.29. The summed E-state index contributed by atoms with van der Waals surface area (Å²) in [5, 5.41) is 21.2. The molecule has 1 aliphatic carbocycles. The molecular formula is C39H40F6N4O6S. The second kappa shape index (κ2) is 16.0. The Hall–Kier alpha value is -4.85. The number of nitriles is 1. The minimum atomic E-state index is -4.92. The molecule has 1 aromatic carbocycles. The van der Waals surface area contributed by atoms with Gasteiger partial charge in [0, 0.05) is 49.3 Å². The Bertz CT molecular complexity index is 1970. The zero-order valence-corrected chi connectivity index (χ0v) is 31.2. The van der Waals surface area contributed by atoms with Gasteiger partial charge in [-0.05, 0) is 63.1 Å². The number of pyridine rings is 1. The van der Waals surface area contributed by atoms with Crippen LogP contribution in [-0.4, -0.2) is 75.1 Å². The van der Waals surface area contributed by atoms with Crippen LogP contribution < -0.4 is 9.47 Å². The summed E-state index contributed by atoms with van der Waals surface area (Å²) in [5.74, 6) is -3.02. The predicted molar refractivity (Wildman–Crippen MR) is 190 cm³/mol. The fraction of sp³-hybridized carbons (Fsp3) is 0.513. The van der Waals surface area contributed by atoms with Crippen LogP contribution in [-0.2, 0) is 27.4 Å². The fourth-order valence-corrected chi connectivity index (χ4v) is 8.97. The van der Waals surface area contributed by atoms with E-state index >= 15 is 4.79 Å². The Morgan fingerprint density at radius 2 is 1.75 bits per heavy atom. The van der Waals surface area contributed by atoms with Crippen molar-refractivity contribution in [2.45, 2.75) is 100 Å². The number of likely N-dealkylation sites (tertiary alicyclic amines) is 2. The molecule has 3 aromatic rings. The first-order valence-electron chi connectivity index (χ1n) is 18.4. The normalized spacial score (nSPS) is 24.0. The van der Waals surface area contributed by atoms with Gasteiger partial charge in [-0.25, -0.2) is 0 Å². The zero-order valence-electron chi connectivity index (χ0n) is 30.4. The van der Waals surface area contributed by atoms with Gasteiger partial charge in [-0.1, -0.05) is 31.5 Å². The quantitative estimate of drug-likeness (QED) is 0.203. The first-order chi connectivity index (χ1) is 26.5. The number of carboxylic acids is 1. The summed E-state index contributed by atoms with van der Waals surface area (Å²) in [6, 6.07) is 10.7. The van der Waals surface area contributed by atoms with Crippen LogP contribution in [0, 0.1) is 17.2 Å². The topological polar surface area (TPSA) is 133 Å². The van der Waals surface area contributed by atoms with Gasteiger partial charge in [-0.2, -0.15) is 31.6 Å². The molecule has 1 N–H and O–H groups in total. The second-order valence-electron chi connectivity index (χ2n) is 14.5. The second-order valence-corrected chi connectivity index (χ2v) is 15.4. The van der Waals surface area contributed by atoms with Crippen molar-refractivity contribution in [2.75, 3.05) is 19.6 Å². The molecule has 0 spiro atoms. The van der Waals surface area contributed by atoms with E-state index in [1.54, 1.807) is 31.2 Å². The smallest absolute Gasteiger partial charge is 0.425 e. The van der Waals surface area contributed by atoms with Crippen LogP contribution in [0.15, 0.2) is 54.0 Å². The summed E-state index contributed by atoms with van der Waals surface area (Å²) >= 11 is 0.361. The number of carbonyl (C=O) groups is 3. The average Bonchev–Trinajstić information content (AvgIpc) is 3.85. The van der Waals surface area contributed by atoms with Gasteiger partial charge >= 0.3 is 18.3 Å². The molecule has 3 aliphatic rings. The Labute approximate surface area is 323 Å². The number of aromatic nitrogens is 1. The number of alkyl halides is 6. The van der Waals surface area contributed by atoms with Gasteiger partial charge in [0.2, 0.25) is 5.60 Å². The SMILES string of the molecule is CCC[C@H]1N(C(=O)c2ncccc2C(F)(F)F)CCC[C@@]1(Oc1csc(C(F)(F)F)c1)C(=O)N1CCC(C#N)(c2ccccc2O[C@@H]2CC[C@@H](C(=O)O)C2)CC1. The molecule has 3 fully saturated rings. The van der Waals surface area contributed by atoms with Gasteiger partial charge in [-0.3, -0.25) is 19.4 Å². The number of piperidine rings is 2. The van der Waals surface area contributed by atoms with Crippen LogP contribution in [0.5, 0.6) is 11.5 Å². The maximum absolute atomic E-state index is 15.0. The van der Waals surface area contributed by atoms with E-state index in [9.17, 15) is 46.3 Å². The number of nitrogens with zero attached hydrogens (tertiary/aromatic N) is 4. The molecule has 17 heteroatoms. The van der Waals surface area contributed by atoms with Crippen molar-refractivity contribution in [1.82, 2.24) is 14.8 Å². The van der Waals surface area contributed by atoms with Crippen molar-refractivity contribution in [1.29, 1.82) is 5.26 Å². The van der Waals surface area contributed by atoms with E-state index in [0.29, 0.717) is 48.3 Å². The third-order valence-corrected chi connectivity index (χ3v) is 12.0. The molecule has 2 amide bonds. The highest BCUT2D eigenvalue weighted by Crippen LogP contribution is 2.45. The lowest BCUT2D eigenvalue weighted by Gasteiger charge is -2.51. The van der Waals surface area contributed by atoms with Crippen LogP contribution in [0.25, 0.3) is 0 Å². The molecule has 4 atom stereocenters. The van der Waals surface area contributed by atoms with Crippen molar-refractivity contribution >= 4 is 29.1 Å². The molecule has 2 saturated heterocycles. The maximum Gasteiger partial charge on any atom is 0.425 e. The van der Waals surface area contributed by atoms with Crippen molar-refractivity contribution in [2.24, 2.45) is 5.92 Å². The lowest BCUT2D eigenvalue weighted by Crippen LogP contribution is -2.68. The molecular weight excluding hydrogens is 767 g/mol. The minimum Gasteiger partial charge on any atom is -0.490 e. The standard InChI is InChI=1S/C39H40F6N4O6S/c1-2-7-30-37(55-26-21-31(56-22-26)39(43,44)45,13-6-17-49(30)33(50)32-28(38(40,41)42)9-5-16-47-32)35(53)48-18-14-36(23-46,15-19-48)27-8-3-4-10-29(27)54-25-12-11-24(20-25)34(51)52/h3-5,8-10,16,21-22,24-25,30H,2,6-7,11-15,17-20H2,1H3,(H,51,52)/t24-,25-,30-,37+/m1/s1. The summed E-state index contributed by atoms with van der Waals surface area (Å²) < 4.78 is 96.0. The van der Waals surface area contributed by atoms with Crippen LogP contribution in [0.1, 0.15) is 91.2 Å². The molecule has 0 radical (unpaired) electrons. The van der Waals surface area contributed by atoms with Crippen molar-refractivity contribution in [3.8, 4) is 17.6 Å². The predicted octanol–water partition coefficient (Wildman–Crippen LogP) is 8.12. The number of halogens is 6. The van der Waals surface area contributed by atoms with E-state index in [0.717, 1.165) is 34.7 Å². The van der Waals surface area contributed by atoms with Crippen LogP contribution in [0.4, 0.5) is 26.3 Å². The highest BCUT2D eigenvalue weighted by atomic mass is 32.1. The van der Waals surface area contributed by atoms with Crippen LogP contribution in [0.2, 0.25) is 0 Å². The van der Waals surface area contributed by atoms with E-state index in [1.165, 1.54) is 4.90 Å². The van der Waals surface area contributed by atoms with Gasteiger partial charge in [-0.15, -0.1) is 11.3 Å². The number of carboxylic acid groups (broad SMARTS) is 1. The Morgan fingerprint density at radius 3 is 2.38 bits per heavy atom. The maximum atomic E-state index is 15.0. The van der Waals surface area contributed by atoms with Gasteiger partial charge in [0.05, 0.1) is 35.1 Å². The minimum absolute atomic E-state index is 0.000946. The number of carbonyl (C=O) groups excluding carboxylic acids is 2. The number of rotatable bonds is 10. The molecule has 2 aromatic heterocycles. The number of thiophene rings is 1. The summed E-state index contributed by atoms with van der Waals surface area (Å²) in [7, 11) is 0. The molecule has 10 nitrogen and oxygen atoms in total. The molecule has 6 rings (SSSR count). The molecule has 0 bridgehead atoms. The molecule has 4 heterocycles. The summed E-state index contributed by atoms with van der Waals surface area (Å²) in [6.07, 6.45) is -6.98. The summed E-state index contributed by atoms with van der Waals surface area (Å²) in [4.78, 5) is 46.0. The number of benzene rings is 1. The molecule has 300 valence electrons. The van der Waals surface area contributed by atoms with E-state index in [2.05, 4.69) is 11.1 Å². The lowest BCUT2D eigenvalue weighted by molar-refractivity contribution is -0.160. The van der Waals surface area contributed by atoms with E-state index in [-0.39, 0.29) is 63.6 Å². The monoisotopic (exact) mass is 806 g/mol. The first kappa shape index (κ1) is 40.8. The number of aliphatic carboxylic acids is 1. The third kappa shape index (κ3) is 8.03. The van der Waals surface area contributed by atoms with E-state index in [4.69, 9.17) is 9.47 Å². The van der Waals surface area contributed by atoms with Crippen LogP contribution in [0.3, 0.4) is 0 Å². The zero-order chi connectivity index (χ0) is 40.5. The number of amides is 2. The molecule has 2 aliphatic heterocycles. The Kier molecular flexibility index (Phi) is 11.6. The molecule has 1 saturated carbocycles. The Balaban J connectivity index is 1.33. The van der Waals surface area contributed by atoms with Gasteiger partial charge < -0.3 is 24.4 Å². The van der Waals surface area contributed by atoms with Crippen molar-refractivity contribution < 1.29 is 55.3 Å². The number of ether oxygens (including phenoxy) is 2. The number of hydrogen-bond acceptors (Lipinski definition) is 8. The van der Waals surface area contributed by atoms with E-state index in [1.807, 2.05) is 0 Å². The van der Waals surface area contributed by atoms with Crippen LogP contribution >= 0.6 is 11.3 Å². The van der Waals surface area contributed by atoms with Gasteiger partial charge in [0.25, 0.3) is 11.8 Å². The highest BCUT2D eigenvalue weighted by Gasteiger charge is 2.57. The number of hydrogen-bond donors (Lipinski definition) is 1. The summed E-state index contributed by atoms with van der Waals surface area (Å²) in [5.41, 5.74) is -4.69.